The van der Waals surface area contributed by atoms with Crippen LogP contribution in [-0.2, 0) is 16.1 Å². The van der Waals surface area contributed by atoms with E-state index < -0.39 is 0 Å². The van der Waals surface area contributed by atoms with Gasteiger partial charge in [0.15, 0.2) is 5.96 Å². The number of ether oxygens (including phenoxy) is 1. The molecule has 1 aliphatic heterocycles. The largest absolute Gasteiger partial charge is 0.507 e. The van der Waals surface area contributed by atoms with Gasteiger partial charge in [0.25, 0.3) is 0 Å². The van der Waals surface area contributed by atoms with E-state index in [0.717, 1.165) is 35.7 Å². The summed E-state index contributed by atoms with van der Waals surface area (Å²) >= 11 is 0. The fourth-order valence-corrected chi connectivity index (χ4v) is 3.33. The van der Waals surface area contributed by atoms with Crippen LogP contribution in [0.2, 0.25) is 0 Å². The lowest BCUT2D eigenvalue weighted by Crippen LogP contribution is -2.40. The molecule has 2 atom stereocenters. The molecule has 2 unspecified atom stereocenters. The van der Waals surface area contributed by atoms with Gasteiger partial charge in [-0.1, -0.05) is 19.1 Å². The summed E-state index contributed by atoms with van der Waals surface area (Å²) in [6.45, 7) is 10.6. The van der Waals surface area contributed by atoms with Gasteiger partial charge in [0.1, 0.15) is 5.75 Å². The number of benzene rings is 1. The lowest BCUT2D eigenvalue weighted by Gasteiger charge is -2.21. The number of aromatic hydroxyl groups is 1. The number of methoxy groups -OCH3 is 1. The number of hydrogen-bond acceptors (Lipinski definition) is 4. The Balaban J connectivity index is 0.00000338. The predicted octanol–water partition coefficient (Wildman–Crippen LogP) is 2.83. The summed E-state index contributed by atoms with van der Waals surface area (Å²) in [7, 11) is 1.44. The molecule has 1 aromatic rings. The molecule has 0 saturated carbocycles. The Labute approximate surface area is 173 Å². The number of phenols is 1. The Morgan fingerprint density at radius 3 is 2.50 bits per heavy atom. The minimum atomic E-state index is -0.157. The van der Waals surface area contributed by atoms with E-state index in [0.29, 0.717) is 18.8 Å². The van der Waals surface area contributed by atoms with Crippen LogP contribution in [0.1, 0.15) is 30.5 Å². The van der Waals surface area contributed by atoms with Crippen LogP contribution in [0.5, 0.6) is 5.75 Å². The molecule has 0 bridgehead atoms. The summed E-state index contributed by atoms with van der Waals surface area (Å²) < 4.78 is 4.91. The molecule has 6 nitrogen and oxygen atoms in total. The van der Waals surface area contributed by atoms with E-state index in [4.69, 9.17) is 9.73 Å². The molecule has 1 heterocycles. The summed E-state index contributed by atoms with van der Waals surface area (Å²) in [5.74, 6) is 1.11. The maximum atomic E-state index is 11.9. The van der Waals surface area contributed by atoms with Crippen LogP contribution >= 0.6 is 24.0 Å². The molecular weight excluding hydrogens is 445 g/mol. The zero-order valence-electron chi connectivity index (χ0n) is 16.2. The van der Waals surface area contributed by atoms with E-state index >= 15 is 0 Å². The van der Waals surface area contributed by atoms with Crippen LogP contribution in [0.15, 0.2) is 17.1 Å². The van der Waals surface area contributed by atoms with Gasteiger partial charge in [-0.15, -0.1) is 24.0 Å². The van der Waals surface area contributed by atoms with Gasteiger partial charge in [-0.2, -0.15) is 0 Å². The number of esters is 1. The molecule has 1 fully saturated rings. The van der Waals surface area contributed by atoms with Gasteiger partial charge in [0.2, 0.25) is 0 Å². The summed E-state index contributed by atoms with van der Waals surface area (Å²) in [5, 5.41) is 13.2. The molecule has 0 radical (unpaired) electrons. The molecule has 1 saturated heterocycles. The van der Waals surface area contributed by atoms with Crippen molar-refractivity contribution in [3.63, 3.8) is 0 Å². The van der Waals surface area contributed by atoms with Crippen LogP contribution < -0.4 is 5.32 Å². The number of aryl methyl sites for hydroxylation is 2. The van der Waals surface area contributed by atoms with Crippen LogP contribution in [0.4, 0.5) is 0 Å². The smallest absolute Gasteiger partial charge is 0.310 e. The first-order valence-electron chi connectivity index (χ1n) is 8.77. The Kier molecular flexibility index (Phi) is 8.66. The minimum Gasteiger partial charge on any atom is -0.507 e. The summed E-state index contributed by atoms with van der Waals surface area (Å²) in [6.07, 6.45) is 0. The minimum absolute atomic E-state index is 0. The van der Waals surface area contributed by atoms with Crippen LogP contribution in [0, 0.1) is 25.7 Å². The van der Waals surface area contributed by atoms with Crippen molar-refractivity contribution < 1.29 is 14.6 Å². The number of hydrogen-bond donors (Lipinski definition) is 2. The fourth-order valence-electron chi connectivity index (χ4n) is 3.33. The second-order valence-electron chi connectivity index (χ2n) is 6.76. The highest BCUT2D eigenvalue weighted by atomic mass is 127. The average Bonchev–Trinajstić information content (AvgIpc) is 2.97. The maximum Gasteiger partial charge on any atom is 0.310 e. The number of nitrogens with one attached hydrogen (secondary N) is 1. The third-order valence-electron chi connectivity index (χ3n) is 4.71. The third-order valence-corrected chi connectivity index (χ3v) is 4.71. The molecule has 1 aromatic carbocycles. The van der Waals surface area contributed by atoms with Gasteiger partial charge in [-0.25, -0.2) is 4.99 Å². The van der Waals surface area contributed by atoms with E-state index in [1.165, 1.54) is 7.11 Å². The fraction of sp³-hybridized carbons (Fsp3) is 0.579. The summed E-state index contributed by atoms with van der Waals surface area (Å²) in [4.78, 5) is 18.8. The molecule has 26 heavy (non-hydrogen) atoms. The molecule has 2 rings (SSSR count). The Hall–Kier alpha value is -1.51. The zero-order valence-corrected chi connectivity index (χ0v) is 18.5. The van der Waals surface area contributed by atoms with E-state index in [9.17, 15) is 9.90 Å². The van der Waals surface area contributed by atoms with E-state index in [1.807, 2.05) is 32.9 Å². The van der Waals surface area contributed by atoms with Gasteiger partial charge in [-0.3, -0.25) is 4.79 Å². The monoisotopic (exact) mass is 475 g/mol. The van der Waals surface area contributed by atoms with Crippen molar-refractivity contribution >= 4 is 35.9 Å². The highest BCUT2D eigenvalue weighted by Crippen LogP contribution is 2.25. The first-order valence-corrected chi connectivity index (χ1v) is 8.77. The van der Waals surface area contributed by atoms with Crippen molar-refractivity contribution in [2.24, 2.45) is 16.8 Å². The highest BCUT2D eigenvalue weighted by Gasteiger charge is 2.36. The molecule has 0 aromatic heterocycles. The normalized spacial score (nSPS) is 19.9. The summed E-state index contributed by atoms with van der Waals surface area (Å²) in [5.41, 5.74) is 2.77. The number of guanidine groups is 1. The van der Waals surface area contributed by atoms with E-state index in [2.05, 4.69) is 17.1 Å². The van der Waals surface area contributed by atoms with Crippen molar-refractivity contribution in [2.45, 2.75) is 34.2 Å². The second kappa shape index (κ2) is 9.99. The maximum absolute atomic E-state index is 11.9. The van der Waals surface area contributed by atoms with Gasteiger partial charge in [-0.05, 0) is 43.4 Å². The number of rotatable bonds is 4. The predicted molar refractivity (Wildman–Crippen MR) is 114 cm³/mol. The second-order valence-corrected chi connectivity index (χ2v) is 6.76. The van der Waals surface area contributed by atoms with Gasteiger partial charge in [0, 0.05) is 19.6 Å². The Bertz CT molecular complexity index is 640. The zero-order chi connectivity index (χ0) is 18.6. The van der Waals surface area contributed by atoms with E-state index in [-0.39, 0.29) is 41.8 Å². The molecule has 0 amide bonds. The van der Waals surface area contributed by atoms with Crippen molar-refractivity contribution in [3.05, 3.63) is 28.8 Å². The van der Waals surface area contributed by atoms with Gasteiger partial charge < -0.3 is 20.1 Å². The molecule has 1 aliphatic rings. The average molecular weight is 475 g/mol. The van der Waals surface area contributed by atoms with Gasteiger partial charge in [0.05, 0.1) is 19.6 Å². The van der Waals surface area contributed by atoms with Crippen molar-refractivity contribution in [3.8, 4) is 5.75 Å². The Morgan fingerprint density at radius 2 is 1.96 bits per heavy atom. The van der Waals surface area contributed by atoms with E-state index in [1.54, 1.807) is 0 Å². The molecule has 146 valence electrons. The lowest BCUT2D eigenvalue weighted by atomic mass is 9.99. The number of nitrogens with zero attached hydrogens (tertiary/aromatic N) is 2. The van der Waals surface area contributed by atoms with Crippen molar-refractivity contribution in [1.82, 2.24) is 10.2 Å². The highest BCUT2D eigenvalue weighted by molar-refractivity contribution is 14.0. The molecule has 0 aliphatic carbocycles. The standard InChI is InChI=1S/C19H29N3O3.HI/c1-6-20-19(22-10-14(4)16(11-22)18(24)25-5)21-9-15-7-12(2)17(23)13(3)8-15;/h7-8,14,16,23H,6,9-11H2,1-5H3,(H,20,21);1H. The number of carbonyl (C=O) groups excluding carboxylic acids is 1. The topological polar surface area (TPSA) is 74.2 Å². The number of phenolic OH excluding ortho intramolecular Hbond substituents is 1. The third kappa shape index (κ3) is 5.25. The number of aliphatic imine (C=N–C) groups is 1. The van der Waals surface area contributed by atoms with Crippen LogP contribution in [0.3, 0.4) is 0 Å². The first-order chi connectivity index (χ1) is 11.9. The molecule has 2 N–H and O–H groups in total. The first kappa shape index (κ1) is 22.5. The number of likely N-dealkylation sites (tertiary alicyclic amines) is 1. The van der Waals surface area contributed by atoms with Gasteiger partial charge >= 0.3 is 5.97 Å². The number of halogens is 1. The van der Waals surface area contributed by atoms with Crippen LogP contribution in [0.25, 0.3) is 0 Å². The molecular formula is C19H30IN3O3. The SMILES string of the molecule is CCNC(=NCc1cc(C)c(O)c(C)c1)N1CC(C)C(C(=O)OC)C1.I. The lowest BCUT2D eigenvalue weighted by molar-refractivity contribution is -0.145. The van der Waals surface area contributed by atoms with Crippen molar-refractivity contribution in [2.75, 3.05) is 26.7 Å². The molecule has 7 heteroatoms. The number of carbonyl (C=O) groups is 1. The summed E-state index contributed by atoms with van der Waals surface area (Å²) in [6, 6.07) is 3.92. The quantitative estimate of drug-likeness (QED) is 0.303. The van der Waals surface area contributed by atoms with Crippen molar-refractivity contribution in [1.29, 1.82) is 0 Å². The Morgan fingerprint density at radius 1 is 1.35 bits per heavy atom. The molecule has 0 spiro atoms. The van der Waals surface area contributed by atoms with Crippen LogP contribution in [-0.4, -0.2) is 48.7 Å².